The lowest BCUT2D eigenvalue weighted by Crippen LogP contribution is -2.26. The second-order valence-electron chi connectivity index (χ2n) is 5.27. The van der Waals surface area contributed by atoms with Gasteiger partial charge in [-0.1, -0.05) is 25.8 Å². The van der Waals surface area contributed by atoms with Crippen molar-refractivity contribution in [2.75, 3.05) is 0 Å². The van der Waals surface area contributed by atoms with E-state index in [2.05, 4.69) is 21.9 Å². The standard InChI is InChI=1S/C17H18N4O/c1-2-3-8-15(13-6-4-9-18-11-13)21-12-20-14-7-5-10-19-16(14)17(21)22/h4-7,9-12,15H,2-3,8H2,1H3/t15-/m1/s1. The molecule has 5 nitrogen and oxygen atoms in total. The first-order valence-electron chi connectivity index (χ1n) is 7.53. The van der Waals surface area contributed by atoms with E-state index in [9.17, 15) is 4.79 Å². The van der Waals surface area contributed by atoms with Gasteiger partial charge in [0.15, 0.2) is 5.52 Å². The molecule has 22 heavy (non-hydrogen) atoms. The molecule has 3 rings (SSSR count). The van der Waals surface area contributed by atoms with Crippen molar-refractivity contribution in [3.8, 4) is 0 Å². The van der Waals surface area contributed by atoms with Gasteiger partial charge >= 0.3 is 0 Å². The highest BCUT2D eigenvalue weighted by atomic mass is 16.1. The van der Waals surface area contributed by atoms with Gasteiger partial charge in [-0.05, 0) is 30.2 Å². The van der Waals surface area contributed by atoms with Crippen LogP contribution in [0.2, 0.25) is 0 Å². The molecule has 3 aromatic heterocycles. The van der Waals surface area contributed by atoms with Crippen LogP contribution in [-0.2, 0) is 0 Å². The smallest absolute Gasteiger partial charge is 0.280 e. The number of nitrogens with zero attached hydrogens (tertiary/aromatic N) is 4. The topological polar surface area (TPSA) is 60.7 Å². The van der Waals surface area contributed by atoms with Crippen molar-refractivity contribution in [1.29, 1.82) is 0 Å². The molecule has 1 atom stereocenters. The fraction of sp³-hybridized carbons (Fsp3) is 0.294. The summed E-state index contributed by atoms with van der Waals surface area (Å²) >= 11 is 0. The van der Waals surface area contributed by atoms with Gasteiger partial charge in [-0.3, -0.25) is 14.3 Å². The second kappa shape index (κ2) is 6.47. The van der Waals surface area contributed by atoms with E-state index >= 15 is 0 Å². The van der Waals surface area contributed by atoms with Gasteiger partial charge < -0.3 is 0 Å². The Hall–Kier alpha value is -2.56. The van der Waals surface area contributed by atoms with Gasteiger partial charge in [0.1, 0.15) is 0 Å². The minimum absolute atomic E-state index is 0.0555. The zero-order valence-electron chi connectivity index (χ0n) is 12.5. The minimum Gasteiger partial charge on any atom is -0.290 e. The van der Waals surface area contributed by atoms with E-state index in [0.717, 1.165) is 24.8 Å². The van der Waals surface area contributed by atoms with E-state index in [4.69, 9.17) is 0 Å². The molecule has 0 spiro atoms. The lowest BCUT2D eigenvalue weighted by Gasteiger charge is -2.19. The van der Waals surface area contributed by atoms with Crippen molar-refractivity contribution in [2.45, 2.75) is 32.2 Å². The molecule has 3 aromatic rings. The molecule has 0 aromatic carbocycles. The van der Waals surface area contributed by atoms with Crippen molar-refractivity contribution in [3.63, 3.8) is 0 Å². The monoisotopic (exact) mass is 294 g/mol. The predicted octanol–water partition coefficient (Wildman–Crippen LogP) is 2.97. The molecule has 0 amide bonds. The Labute approximate surface area is 128 Å². The largest absolute Gasteiger partial charge is 0.290 e. The average Bonchev–Trinajstić information content (AvgIpc) is 2.58. The molecular weight excluding hydrogens is 276 g/mol. The number of rotatable bonds is 5. The predicted molar refractivity (Wildman–Crippen MR) is 85.7 cm³/mol. The summed E-state index contributed by atoms with van der Waals surface area (Å²) in [7, 11) is 0. The van der Waals surface area contributed by atoms with Crippen LogP contribution in [0.15, 0.2) is 54.0 Å². The maximum atomic E-state index is 12.7. The number of unbranched alkanes of at least 4 members (excludes halogenated alkanes) is 1. The fourth-order valence-electron chi connectivity index (χ4n) is 2.62. The summed E-state index contributed by atoms with van der Waals surface area (Å²) in [6, 6.07) is 7.43. The first-order chi connectivity index (χ1) is 10.8. The molecule has 3 heterocycles. The van der Waals surface area contributed by atoms with Gasteiger partial charge in [0, 0.05) is 18.6 Å². The Balaban J connectivity index is 2.12. The van der Waals surface area contributed by atoms with Crippen LogP contribution in [0.4, 0.5) is 0 Å². The van der Waals surface area contributed by atoms with Crippen LogP contribution in [0.3, 0.4) is 0 Å². The van der Waals surface area contributed by atoms with Gasteiger partial charge in [0.05, 0.1) is 17.9 Å². The van der Waals surface area contributed by atoms with Crippen molar-refractivity contribution < 1.29 is 0 Å². The number of hydrogen-bond acceptors (Lipinski definition) is 4. The van der Waals surface area contributed by atoms with Gasteiger partial charge in [-0.2, -0.15) is 0 Å². The number of fused-ring (bicyclic) bond motifs is 1. The highest BCUT2D eigenvalue weighted by molar-refractivity contribution is 5.71. The van der Waals surface area contributed by atoms with Crippen molar-refractivity contribution in [1.82, 2.24) is 19.5 Å². The molecule has 0 aliphatic rings. The van der Waals surface area contributed by atoms with E-state index < -0.39 is 0 Å². The zero-order valence-corrected chi connectivity index (χ0v) is 12.5. The number of pyridine rings is 2. The Bertz CT molecular complexity index is 814. The van der Waals surface area contributed by atoms with E-state index in [1.807, 2.05) is 18.3 Å². The van der Waals surface area contributed by atoms with Crippen LogP contribution in [0.25, 0.3) is 11.0 Å². The van der Waals surface area contributed by atoms with Crippen molar-refractivity contribution in [2.24, 2.45) is 0 Å². The molecule has 0 saturated carbocycles. The Morgan fingerprint density at radius 1 is 1.18 bits per heavy atom. The average molecular weight is 294 g/mol. The molecule has 0 fully saturated rings. The van der Waals surface area contributed by atoms with Crippen molar-refractivity contribution in [3.05, 3.63) is 65.1 Å². The van der Waals surface area contributed by atoms with Crippen LogP contribution < -0.4 is 5.56 Å². The van der Waals surface area contributed by atoms with Gasteiger partial charge in [0.2, 0.25) is 0 Å². The van der Waals surface area contributed by atoms with E-state index in [0.29, 0.717) is 11.0 Å². The summed E-state index contributed by atoms with van der Waals surface area (Å²) in [5.41, 5.74) is 1.96. The Kier molecular flexibility index (Phi) is 4.23. The number of hydrogen-bond donors (Lipinski definition) is 0. The summed E-state index contributed by atoms with van der Waals surface area (Å²) in [4.78, 5) is 25.5. The van der Waals surface area contributed by atoms with Crippen LogP contribution >= 0.6 is 0 Å². The number of aromatic nitrogens is 4. The molecule has 0 bridgehead atoms. The molecule has 0 unspecified atom stereocenters. The van der Waals surface area contributed by atoms with E-state index in [-0.39, 0.29) is 11.6 Å². The first-order valence-corrected chi connectivity index (χ1v) is 7.53. The van der Waals surface area contributed by atoms with Crippen LogP contribution in [0, 0.1) is 0 Å². The van der Waals surface area contributed by atoms with Crippen molar-refractivity contribution >= 4 is 11.0 Å². The summed E-state index contributed by atoms with van der Waals surface area (Å²) in [6.07, 6.45) is 9.79. The van der Waals surface area contributed by atoms with Crippen LogP contribution in [0.1, 0.15) is 37.8 Å². The molecular formula is C17H18N4O. The summed E-state index contributed by atoms with van der Waals surface area (Å²) in [5.74, 6) is 0. The third-order valence-electron chi connectivity index (χ3n) is 3.78. The minimum atomic E-state index is -0.101. The Morgan fingerprint density at radius 3 is 2.82 bits per heavy atom. The van der Waals surface area contributed by atoms with Gasteiger partial charge in [-0.25, -0.2) is 9.97 Å². The zero-order chi connectivity index (χ0) is 15.4. The lowest BCUT2D eigenvalue weighted by atomic mass is 10.0. The van der Waals surface area contributed by atoms with E-state index in [1.165, 1.54) is 0 Å². The molecule has 0 radical (unpaired) electrons. The second-order valence-corrected chi connectivity index (χ2v) is 5.27. The molecule has 0 aliphatic carbocycles. The summed E-state index contributed by atoms with van der Waals surface area (Å²) < 4.78 is 1.68. The third-order valence-corrected chi connectivity index (χ3v) is 3.78. The maximum absolute atomic E-state index is 12.7. The Morgan fingerprint density at radius 2 is 2.05 bits per heavy atom. The molecule has 0 N–H and O–H groups in total. The third kappa shape index (κ3) is 2.74. The van der Waals surface area contributed by atoms with E-state index in [1.54, 1.807) is 35.4 Å². The highest BCUT2D eigenvalue weighted by Crippen LogP contribution is 2.22. The normalized spacial score (nSPS) is 12.4. The van der Waals surface area contributed by atoms with Crippen LogP contribution in [-0.4, -0.2) is 19.5 Å². The highest BCUT2D eigenvalue weighted by Gasteiger charge is 2.17. The first kappa shape index (κ1) is 14.4. The molecule has 0 saturated heterocycles. The molecule has 0 aliphatic heterocycles. The quantitative estimate of drug-likeness (QED) is 0.726. The van der Waals surface area contributed by atoms with Gasteiger partial charge in [-0.15, -0.1) is 0 Å². The SMILES string of the molecule is CCCC[C@H](c1cccnc1)n1cnc2cccnc2c1=O. The summed E-state index contributed by atoms with van der Waals surface area (Å²) in [6.45, 7) is 2.14. The van der Waals surface area contributed by atoms with Crippen LogP contribution in [0.5, 0.6) is 0 Å². The fourth-order valence-corrected chi connectivity index (χ4v) is 2.62. The maximum Gasteiger partial charge on any atom is 0.280 e. The lowest BCUT2D eigenvalue weighted by molar-refractivity contribution is 0.497. The van der Waals surface area contributed by atoms with Gasteiger partial charge in [0.25, 0.3) is 5.56 Å². The molecule has 5 heteroatoms. The summed E-state index contributed by atoms with van der Waals surface area (Å²) in [5, 5.41) is 0. The molecule has 112 valence electrons.